The predicted octanol–water partition coefficient (Wildman–Crippen LogP) is 3.99. The van der Waals surface area contributed by atoms with Gasteiger partial charge in [-0.05, 0) is 42.6 Å². The zero-order chi connectivity index (χ0) is 17.6. The van der Waals surface area contributed by atoms with E-state index in [0.29, 0.717) is 10.7 Å². The van der Waals surface area contributed by atoms with Gasteiger partial charge in [-0.3, -0.25) is 4.90 Å². The number of halogens is 1. The molecule has 0 saturated carbocycles. The molecule has 0 unspecified atom stereocenters. The van der Waals surface area contributed by atoms with Crippen molar-refractivity contribution in [3.63, 3.8) is 0 Å². The Morgan fingerprint density at radius 1 is 1.24 bits per heavy atom. The van der Waals surface area contributed by atoms with Crippen LogP contribution in [0.15, 0.2) is 41.8 Å². The van der Waals surface area contributed by atoms with Crippen molar-refractivity contribution in [3.8, 4) is 0 Å². The standard InChI is InChI=1S/C18H22ClN3O2S/c1-13(20-18(23)21-15-6-4-14(19)5-7-15)17(16-3-2-12-25-16)22-8-10-24-11-9-22/h2-7,12-13,17H,8-11H2,1H3,(H2,20,21,23)/t13-,17-/m1/s1. The first-order valence-electron chi connectivity index (χ1n) is 8.32. The number of nitrogens with one attached hydrogen (secondary N) is 2. The van der Waals surface area contributed by atoms with Gasteiger partial charge in [0.15, 0.2) is 0 Å². The topological polar surface area (TPSA) is 53.6 Å². The van der Waals surface area contributed by atoms with E-state index in [1.54, 1.807) is 35.6 Å². The molecular formula is C18H22ClN3O2S. The summed E-state index contributed by atoms with van der Waals surface area (Å²) in [5.74, 6) is 0. The first kappa shape index (κ1) is 18.2. The van der Waals surface area contributed by atoms with Gasteiger partial charge in [-0.1, -0.05) is 17.7 Å². The summed E-state index contributed by atoms with van der Waals surface area (Å²) in [6.07, 6.45) is 0. The predicted molar refractivity (Wildman–Crippen MR) is 103 cm³/mol. The van der Waals surface area contributed by atoms with Crippen LogP contribution in [-0.4, -0.2) is 43.3 Å². The molecule has 1 fully saturated rings. The number of anilines is 1. The third kappa shape index (κ3) is 4.95. The molecule has 2 amide bonds. The van der Waals surface area contributed by atoms with Crippen molar-refractivity contribution in [1.29, 1.82) is 0 Å². The van der Waals surface area contributed by atoms with Gasteiger partial charge in [-0.2, -0.15) is 0 Å². The molecule has 1 aromatic carbocycles. The Balaban J connectivity index is 1.66. The zero-order valence-corrected chi connectivity index (χ0v) is 15.6. The maximum Gasteiger partial charge on any atom is 0.319 e. The lowest BCUT2D eigenvalue weighted by Crippen LogP contribution is -2.49. The molecule has 0 bridgehead atoms. The molecule has 134 valence electrons. The lowest BCUT2D eigenvalue weighted by atomic mass is 10.1. The van der Waals surface area contributed by atoms with Gasteiger partial charge in [-0.25, -0.2) is 4.79 Å². The van der Waals surface area contributed by atoms with E-state index in [-0.39, 0.29) is 18.1 Å². The van der Waals surface area contributed by atoms with Crippen molar-refractivity contribution in [3.05, 3.63) is 51.7 Å². The molecule has 2 aromatic rings. The molecule has 2 heterocycles. The van der Waals surface area contributed by atoms with Crippen LogP contribution in [0.5, 0.6) is 0 Å². The van der Waals surface area contributed by atoms with E-state index >= 15 is 0 Å². The Hall–Kier alpha value is -1.60. The van der Waals surface area contributed by atoms with Crippen molar-refractivity contribution in [2.45, 2.75) is 19.0 Å². The van der Waals surface area contributed by atoms with E-state index in [9.17, 15) is 4.79 Å². The lowest BCUT2D eigenvalue weighted by molar-refractivity contribution is 0.0106. The fourth-order valence-corrected chi connectivity index (χ4v) is 4.13. The average molecular weight is 380 g/mol. The number of carbonyl (C=O) groups excluding carboxylic acids is 1. The summed E-state index contributed by atoms with van der Waals surface area (Å²) in [5, 5.41) is 8.64. The summed E-state index contributed by atoms with van der Waals surface area (Å²) in [6.45, 7) is 5.24. The van der Waals surface area contributed by atoms with E-state index in [1.165, 1.54) is 4.88 Å². The molecule has 0 spiro atoms. The highest BCUT2D eigenvalue weighted by atomic mass is 35.5. The molecule has 1 aromatic heterocycles. The van der Waals surface area contributed by atoms with Crippen LogP contribution in [0.25, 0.3) is 0 Å². The molecule has 1 aliphatic heterocycles. The molecule has 0 radical (unpaired) electrons. The van der Waals surface area contributed by atoms with Crippen molar-refractivity contribution < 1.29 is 9.53 Å². The Bertz CT molecular complexity index is 672. The van der Waals surface area contributed by atoms with E-state index in [2.05, 4.69) is 27.0 Å². The molecule has 1 saturated heterocycles. The normalized spacial score (nSPS) is 17.7. The highest BCUT2D eigenvalue weighted by Crippen LogP contribution is 2.29. The molecular weight excluding hydrogens is 358 g/mol. The smallest absolute Gasteiger partial charge is 0.319 e. The Morgan fingerprint density at radius 3 is 2.60 bits per heavy atom. The van der Waals surface area contributed by atoms with Crippen LogP contribution in [0, 0.1) is 0 Å². The van der Waals surface area contributed by atoms with E-state index in [0.717, 1.165) is 26.3 Å². The molecule has 25 heavy (non-hydrogen) atoms. The number of thiophene rings is 1. The summed E-state index contributed by atoms with van der Waals surface area (Å²) in [7, 11) is 0. The van der Waals surface area contributed by atoms with Gasteiger partial charge in [0.2, 0.25) is 0 Å². The maximum atomic E-state index is 12.4. The number of hydrogen-bond donors (Lipinski definition) is 2. The lowest BCUT2D eigenvalue weighted by Gasteiger charge is -2.37. The van der Waals surface area contributed by atoms with Crippen LogP contribution >= 0.6 is 22.9 Å². The second-order valence-corrected chi connectivity index (χ2v) is 7.42. The number of urea groups is 1. The first-order chi connectivity index (χ1) is 12.1. The summed E-state index contributed by atoms with van der Waals surface area (Å²) in [4.78, 5) is 16.0. The number of morpholine rings is 1. The van der Waals surface area contributed by atoms with Crippen LogP contribution in [0.2, 0.25) is 5.02 Å². The number of amides is 2. The highest BCUT2D eigenvalue weighted by Gasteiger charge is 2.29. The van der Waals surface area contributed by atoms with E-state index in [1.807, 2.05) is 13.0 Å². The first-order valence-corrected chi connectivity index (χ1v) is 9.57. The molecule has 2 atom stereocenters. The summed E-state index contributed by atoms with van der Waals surface area (Å²) < 4.78 is 5.47. The maximum absolute atomic E-state index is 12.4. The monoisotopic (exact) mass is 379 g/mol. The van der Waals surface area contributed by atoms with Crippen molar-refractivity contribution >= 4 is 34.7 Å². The minimum Gasteiger partial charge on any atom is -0.379 e. The fraction of sp³-hybridized carbons (Fsp3) is 0.389. The number of ether oxygens (including phenoxy) is 1. The van der Waals surface area contributed by atoms with Crippen LogP contribution in [0.1, 0.15) is 17.8 Å². The second-order valence-electron chi connectivity index (χ2n) is 6.00. The summed E-state index contributed by atoms with van der Waals surface area (Å²) in [6, 6.07) is 11.1. The van der Waals surface area contributed by atoms with Crippen molar-refractivity contribution in [1.82, 2.24) is 10.2 Å². The van der Waals surface area contributed by atoms with E-state index in [4.69, 9.17) is 16.3 Å². The highest BCUT2D eigenvalue weighted by molar-refractivity contribution is 7.10. The molecule has 1 aliphatic rings. The van der Waals surface area contributed by atoms with Gasteiger partial charge in [0.25, 0.3) is 0 Å². The molecule has 7 heteroatoms. The van der Waals surface area contributed by atoms with Gasteiger partial charge < -0.3 is 15.4 Å². The Morgan fingerprint density at radius 2 is 1.96 bits per heavy atom. The van der Waals surface area contributed by atoms with Gasteiger partial charge in [-0.15, -0.1) is 11.3 Å². The quantitative estimate of drug-likeness (QED) is 0.826. The van der Waals surface area contributed by atoms with Gasteiger partial charge in [0.1, 0.15) is 0 Å². The minimum atomic E-state index is -0.218. The Labute approximate surface area is 156 Å². The number of benzene rings is 1. The van der Waals surface area contributed by atoms with Crippen LogP contribution < -0.4 is 10.6 Å². The second kappa shape index (κ2) is 8.67. The molecule has 0 aliphatic carbocycles. The van der Waals surface area contributed by atoms with Crippen molar-refractivity contribution in [2.24, 2.45) is 0 Å². The third-order valence-electron chi connectivity index (χ3n) is 4.21. The molecule has 2 N–H and O–H groups in total. The van der Waals surface area contributed by atoms with E-state index < -0.39 is 0 Å². The Kier molecular flexibility index (Phi) is 6.31. The van der Waals surface area contributed by atoms with Crippen LogP contribution in [0.4, 0.5) is 10.5 Å². The fourth-order valence-electron chi connectivity index (χ4n) is 3.04. The number of rotatable bonds is 5. The van der Waals surface area contributed by atoms with Crippen LogP contribution in [-0.2, 0) is 4.74 Å². The summed E-state index contributed by atoms with van der Waals surface area (Å²) >= 11 is 7.59. The van der Waals surface area contributed by atoms with Crippen molar-refractivity contribution in [2.75, 3.05) is 31.6 Å². The molecule has 5 nitrogen and oxygen atoms in total. The van der Waals surface area contributed by atoms with Gasteiger partial charge in [0, 0.05) is 34.7 Å². The SMILES string of the molecule is C[C@@H](NC(=O)Nc1ccc(Cl)cc1)[C@H](c1cccs1)N1CCOCC1. The van der Waals surface area contributed by atoms with Gasteiger partial charge in [0.05, 0.1) is 19.3 Å². The molecule has 3 rings (SSSR count). The van der Waals surface area contributed by atoms with Crippen LogP contribution in [0.3, 0.4) is 0 Å². The number of carbonyl (C=O) groups is 1. The summed E-state index contributed by atoms with van der Waals surface area (Å²) in [5.41, 5.74) is 0.716. The third-order valence-corrected chi connectivity index (χ3v) is 5.40. The minimum absolute atomic E-state index is 0.0379. The average Bonchev–Trinajstić information content (AvgIpc) is 3.12. The zero-order valence-electron chi connectivity index (χ0n) is 14.1. The van der Waals surface area contributed by atoms with Gasteiger partial charge >= 0.3 is 6.03 Å². The number of hydrogen-bond acceptors (Lipinski definition) is 4. The largest absolute Gasteiger partial charge is 0.379 e. The number of nitrogens with zero attached hydrogens (tertiary/aromatic N) is 1.